The normalized spacial score (nSPS) is 37.9. The molecule has 0 spiro atoms. The fourth-order valence-corrected chi connectivity index (χ4v) is 4.84. The van der Waals surface area contributed by atoms with E-state index in [9.17, 15) is 19.8 Å². The van der Waals surface area contributed by atoms with Gasteiger partial charge in [-0.2, -0.15) is 0 Å². The molecular weight excluding hydrogens is 372 g/mol. The lowest BCUT2D eigenvalue weighted by molar-refractivity contribution is -0.162. The summed E-state index contributed by atoms with van der Waals surface area (Å²) in [6, 6.07) is 0. The third-order valence-corrected chi connectivity index (χ3v) is 6.84. The van der Waals surface area contributed by atoms with Crippen molar-refractivity contribution in [3.05, 3.63) is 23.8 Å². The largest absolute Gasteiger partial charge is 0.462 e. The highest BCUT2D eigenvalue weighted by atomic mass is 16.5. The van der Waals surface area contributed by atoms with Gasteiger partial charge in [-0.15, -0.1) is 0 Å². The minimum absolute atomic E-state index is 0.00395. The zero-order valence-corrected chi connectivity index (χ0v) is 17.6. The van der Waals surface area contributed by atoms with Crippen molar-refractivity contribution in [1.82, 2.24) is 0 Å². The van der Waals surface area contributed by atoms with Crippen LogP contribution in [0.25, 0.3) is 0 Å². The smallest absolute Gasteiger partial charge is 0.308 e. The molecule has 2 N–H and O–H groups in total. The van der Waals surface area contributed by atoms with Gasteiger partial charge in [-0.1, -0.05) is 39.0 Å². The summed E-state index contributed by atoms with van der Waals surface area (Å²) in [4.78, 5) is 24.1. The van der Waals surface area contributed by atoms with E-state index in [1.807, 2.05) is 39.0 Å². The number of esters is 2. The third-order valence-electron chi connectivity index (χ3n) is 6.84. The molecule has 0 aromatic carbocycles. The van der Waals surface area contributed by atoms with Crippen LogP contribution in [0.3, 0.4) is 0 Å². The second-order valence-electron chi connectivity index (χ2n) is 8.91. The van der Waals surface area contributed by atoms with E-state index >= 15 is 0 Å². The quantitative estimate of drug-likeness (QED) is 0.659. The lowest BCUT2D eigenvalue weighted by Crippen LogP contribution is -2.44. The molecule has 0 bridgehead atoms. The van der Waals surface area contributed by atoms with E-state index in [2.05, 4.69) is 0 Å². The zero-order valence-electron chi connectivity index (χ0n) is 17.6. The van der Waals surface area contributed by atoms with Crippen LogP contribution in [-0.4, -0.2) is 46.6 Å². The number of carbonyl (C=O) groups is 2. The first-order valence-electron chi connectivity index (χ1n) is 10.9. The summed E-state index contributed by atoms with van der Waals surface area (Å²) >= 11 is 0. The fraction of sp³-hybridized carbons (Fsp3) is 0.739. The Bertz CT molecular complexity index is 668. The van der Waals surface area contributed by atoms with Crippen LogP contribution in [0.15, 0.2) is 23.8 Å². The molecular formula is C23H34O6. The van der Waals surface area contributed by atoms with Crippen molar-refractivity contribution in [3.63, 3.8) is 0 Å². The SMILES string of the molecule is CC[C@H](C)C(=O)O[C@@H]1CC=CC2=C[C@H](O)[C@H](C)[C@H](CC[C@@H]3C[C@@H](O)CC(=O)O3)[C@@H]21. The molecule has 0 aromatic rings. The Labute approximate surface area is 173 Å². The molecule has 0 saturated carbocycles. The van der Waals surface area contributed by atoms with Crippen molar-refractivity contribution in [2.75, 3.05) is 0 Å². The van der Waals surface area contributed by atoms with Crippen LogP contribution >= 0.6 is 0 Å². The minimum atomic E-state index is -0.645. The standard InChI is InChI=1S/C23H34O6/c1-4-13(2)23(27)29-20-7-5-6-15-10-19(25)14(3)18(22(15)20)9-8-17-11-16(24)12-21(26)28-17/h5-6,10,13-14,16-20,22,24-25H,4,7-9,11-12H2,1-3H3/t13-,14+,16+,17+,18-,19-,20+,22+/m0/s1. The molecule has 2 aliphatic carbocycles. The second-order valence-corrected chi connectivity index (χ2v) is 8.91. The lowest BCUT2D eigenvalue weighted by atomic mass is 9.65. The second kappa shape index (κ2) is 9.43. The van der Waals surface area contributed by atoms with E-state index in [4.69, 9.17) is 9.47 Å². The predicted octanol–water partition coefficient (Wildman–Crippen LogP) is 2.92. The summed E-state index contributed by atoms with van der Waals surface area (Å²) in [5.74, 6) is -0.537. The van der Waals surface area contributed by atoms with Crippen LogP contribution in [0.1, 0.15) is 59.3 Å². The molecule has 1 heterocycles. The van der Waals surface area contributed by atoms with Gasteiger partial charge in [0.05, 0.1) is 24.5 Å². The van der Waals surface area contributed by atoms with Gasteiger partial charge in [-0.25, -0.2) is 0 Å². The van der Waals surface area contributed by atoms with Crippen LogP contribution in [-0.2, 0) is 19.1 Å². The van der Waals surface area contributed by atoms with Crippen LogP contribution in [0, 0.1) is 23.7 Å². The molecule has 8 atom stereocenters. The summed E-state index contributed by atoms with van der Waals surface area (Å²) in [7, 11) is 0. The van der Waals surface area contributed by atoms with Crippen molar-refractivity contribution in [2.45, 2.75) is 83.7 Å². The average Bonchev–Trinajstić information content (AvgIpc) is 2.67. The number of ether oxygens (including phenoxy) is 2. The Morgan fingerprint density at radius 1 is 1.34 bits per heavy atom. The number of carbonyl (C=O) groups excluding carboxylic acids is 2. The number of fused-ring (bicyclic) bond motifs is 1. The van der Waals surface area contributed by atoms with Gasteiger partial charge in [0.15, 0.2) is 0 Å². The van der Waals surface area contributed by atoms with Gasteiger partial charge in [0.25, 0.3) is 0 Å². The predicted molar refractivity (Wildman–Crippen MR) is 108 cm³/mol. The first-order valence-corrected chi connectivity index (χ1v) is 10.9. The Morgan fingerprint density at radius 2 is 2.10 bits per heavy atom. The van der Waals surface area contributed by atoms with E-state index in [-0.39, 0.29) is 54.2 Å². The van der Waals surface area contributed by atoms with E-state index < -0.39 is 12.2 Å². The molecule has 1 aliphatic heterocycles. The van der Waals surface area contributed by atoms with Crippen LogP contribution < -0.4 is 0 Å². The molecule has 0 aromatic heterocycles. The van der Waals surface area contributed by atoms with E-state index in [0.29, 0.717) is 19.3 Å². The highest BCUT2D eigenvalue weighted by Crippen LogP contribution is 2.44. The van der Waals surface area contributed by atoms with Gasteiger partial charge in [0, 0.05) is 18.8 Å². The maximum Gasteiger partial charge on any atom is 0.308 e. The molecule has 0 amide bonds. The molecule has 162 valence electrons. The maximum atomic E-state index is 12.4. The molecule has 3 aliphatic rings. The zero-order chi connectivity index (χ0) is 21.1. The summed E-state index contributed by atoms with van der Waals surface area (Å²) in [5.41, 5.74) is 1.02. The number of aliphatic hydroxyl groups is 2. The minimum Gasteiger partial charge on any atom is -0.462 e. The number of hydrogen-bond acceptors (Lipinski definition) is 6. The number of cyclic esters (lactones) is 1. The fourth-order valence-electron chi connectivity index (χ4n) is 4.84. The summed E-state index contributed by atoms with van der Waals surface area (Å²) in [6.07, 6.45) is 7.46. The maximum absolute atomic E-state index is 12.4. The van der Waals surface area contributed by atoms with E-state index in [1.165, 1.54) is 0 Å². The molecule has 0 unspecified atom stereocenters. The Hall–Kier alpha value is -1.66. The number of hydrogen-bond donors (Lipinski definition) is 2. The van der Waals surface area contributed by atoms with E-state index in [1.54, 1.807) is 0 Å². The first-order chi connectivity index (χ1) is 13.8. The van der Waals surface area contributed by atoms with Gasteiger partial charge in [0.2, 0.25) is 0 Å². The van der Waals surface area contributed by atoms with Crippen LogP contribution in [0.2, 0.25) is 0 Å². The van der Waals surface area contributed by atoms with Gasteiger partial charge in [0.1, 0.15) is 12.2 Å². The summed E-state index contributed by atoms with van der Waals surface area (Å²) < 4.78 is 11.3. The topological polar surface area (TPSA) is 93.1 Å². The average molecular weight is 407 g/mol. The van der Waals surface area contributed by atoms with Gasteiger partial charge < -0.3 is 19.7 Å². The number of aliphatic hydroxyl groups excluding tert-OH is 2. The number of rotatable bonds is 6. The molecule has 6 nitrogen and oxygen atoms in total. The Morgan fingerprint density at radius 3 is 2.79 bits per heavy atom. The molecule has 0 radical (unpaired) electrons. The molecule has 3 rings (SSSR count). The summed E-state index contributed by atoms with van der Waals surface area (Å²) in [5, 5.41) is 20.4. The van der Waals surface area contributed by atoms with Crippen molar-refractivity contribution in [1.29, 1.82) is 0 Å². The van der Waals surface area contributed by atoms with E-state index in [0.717, 1.165) is 18.4 Å². The van der Waals surface area contributed by atoms with Crippen molar-refractivity contribution < 1.29 is 29.3 Å². The van der Waals surface area contributed by atoms with Crippen LogP contribution in [0.4, 0.5) is 0 Å². The first kappa shape index (κ1) is 22.0. The third kappa shape index (κ3) is 5.10. The number of allylic oxidation sites excluding steroid dienone is 1. The monoisotopic (exact) mass is 406 g/mol. The summed E-state index contributed by atoms with van der Waals surface area (Å²) in [6.45, 7) is 5.88. The van der Waals surface area contributed by atoms with Crippen molar-refractivity contribution in [2.24, 2.45) is 23.7 Å². The Kier molecular flexibility index (Phi) is 7.17. The molecule has 1 saturated heterocycles. The molecule has 6 heteroatoms. The Balaban J connectivity index is 1.74. The van der Waals surface area contributed by atoms with Crippen molar-refractivity contribution >= 4 is 11.9 Å². The highest BCUT2D eigenvalue weighted by Gasteiger charge is 2.43. The van der Waals surface area contributed by atoms with Gasteiger partial charge in [-0.3, -0.25) is 9.59 Å². The lowest BCUT2D eigenvalue weighted by Gasteiger charge is -2.44. The van der Waals surface area contributed by atoms with Gasteiger partial charge in [-0.05, 0) is 36.7 Å². The van der Waals surface area contributed by atoms with Crippen molar-refractivity contribution in [3.8, 4) is 0 Å². The highest BCUT2D eigenvalue weighted by molar-refractivity contribution is 5.72. The van der Waals surface area contributed by atoms with Gasteiger partial charge >= 0.3 is 11.9 Å². The van der Waals surface area contributed by atoms with Crippen LogP contribution in [0.5, 0.6) is 0 Å². The molecule has 29 heavy (non-hydrogen) atoms. The molecule has 1 fully saturated rings.